The minimum Gasteiger partial charge on any atom is -0.493 e. The Morgan fingerprint density at radius 2 is 1.45 bits per heavy atom. The third-order valence-corrected chi connectivity index (χ3v) is 8.41. The molecule has 0 saturated heterocycles. The number of halogens is 1. The van der Waals surface area contributed by atoms with Gasteiger partial charge in [0.25, 0.3) is 6.47 Å². The van der Waals surface area contributed by atoms with Gasteiger partial charge in [0, 0.05) is 39.8 Å². The number of carboxylic acid groups (broad SMARTS) is 2. The van der Waals surface area contributed by atoms with Crippen LogP contribution in [0.3, 0.4) is 0 Å². The highest BCUT2D eigenvalue weighted by Gasteiger charge is 2.21. The number of carbonyl (C=O) groups excluding carboxylic acids is 2. The van der Waals surface area contributed by atoms with Gasteiger partial charge in [-0.3, -0.25) is 19.2 Å². The van der Waals surface area contributed by atoms with E-state index >= 15 is 4.39 Å². The normalized spacial score (nSPS) is 10.5. The van der Waals surface area contributed by atoms with Crippen LogP contribution in [0.4, 0.5) is 4.39 Å². The number of aliphatic carboxylic acids is 1. The summed E-state index contributed by atoms with van der Waals surface area (Å²) in [6, 6.07) is 8.39. The van der Waals surface area contributed by atoms with Crippen LogP contribution in [-0.2, 0) is 9.59 Å². The van der Waals surface area contributed by atoms with Crippen molar-refractivity contribution in [2.45, 2.75) is 32.6 Å². The third-order valence-electron chi connectivity index (χ3n) is 6.15. The number of carbonyl (C=O) groups is 4. The highest BCUT2D eigenvalue weighted by atomic mass is 32.1. The van der Waals surface area contributed by atoms with Gasteiger partial charge in [-0.05, 0) is 35.6 Å². The number of methoxy groups -OCH3 is 2. The maximum absolute atomic E-state index is 15.4. The molecule has 0 aliphatic rings. The van der Waals surface area contributed by atoms with E-state index in [1.807, 2.05) is 6.92 Å². The number of Topliss-reactive ketones (excluding diaryl/α,β-unsaturated/α-hetero) is 2. The number of thiophene rings is 2. The standard InChI is InChI=1S/C30H29FO8S2.CH2O2/c1-5-6-19(32)27-11-18-25(41-27)13-23(37-4)30(29(18)31)39-15-16(2)14-38-22-9-17-10-26(20(33)7-8-28(34)35)40-24(17)12-21(22)36-3;2-1-3/h9-13H,2,5-8,14-15H2,1,3-4H3,(H,34,35);1H,(H,2,3). The Balaban J connectivity index is 0.00000169. The van der Waals surface area contributed by atoms with Gasteiger partial charge in [-0.25, -0.2) is 4.39 Å². The summed E-state index contributed by atoms with van der Waals surface area (Å²) >= 11 is 2.48. The van der Waals surface area contributed by atoms with E-state index < -0.39 is 11.8 Å². The molecule has 0 spiro atoms. The SMILES string of the molecule is C=C(COc1cc2cc(C(=O)CCC(=O)O)sc2cc1OC)COc1c(OC)cc2sc(C(=O)CCC)cc2c1F.O=CO. The second-order valence-electron chi connectivity index (χ2n) is 9.32. The van der Waals surface area contributed by atoms with Crippen LogP contribution in [0.1, 0.15) is 52.0 Å². The molecular weight excluding hydrogens is 615 g/mol. The zero-order valence-electron chi connectivity index (χ0n) is 24.3. The summed E-state index contributed by atoms with van der Waals surface area (Å²) in [5.74, 6) is -0.924. The molecule has 10 nitrogen and oxygen atoms in total. The molecule has 0 radical (unpaired) electrons. The van der Waals surface area contributed by atoms with Gasteiger partial charge in [0.2, 0.25) is 0 Å². The summed E-state index contributed by atoms with van der Waals surface area (Å²) in [4.78, 5) is 44.8. The van der Waals surface area contributed by atoms with Crippen LogP contribution in [0, 0.1) is 5.82 Å². The molecule has 0 aliphatic carbocycles. The van der Waals surface area contributed by atoms with Crippen molar-refractivity contribution in [1.29, 1.82) is 0 Å². The summed E-state index contributed by atoms with van der Waals surface area (Å²) in [5, 5.41) is 16.8. The zero-order valence-corrected chi connectivity index (χ0v) is 25.9. The topological polar surface area (TPSA) is 146 Å². The Morgan fingerprint density at radius 1 is 0.864 bits per heavy atom. The van der Waals surface area contributed by atoms with Crippen molar-refractivity contribution in [3.05, 3.63) is 58.1 Å². The highest BCUT2D eigenvalue weighted by Crippen LogP contribution is 2.41. The van der Waals surface area contributed by atoms with E-state index in [-0.39, 0.29) is 55.6 Å². The molecule has 13 heteroatoms. The smallest absolute Gasteiger partial charge is 0.303 e. The summed E-state index contributed by atoms with van der Waals surface area (Å²) in [5.41, 5.74) is 0.507. The van der Waals surface area contributed by atoms with Crippen molar-refractivity contribution in [2.75, 3.05) is 27.4 Å². The third kappa shape index (κ3) is 8.32. The molecule has 0 atom stereocenters. The molecule has 0 bridgehead atoms. The first-order chi connectivity index (χ1) is 21.1. The quantitative estimate of drug-likeness (QED) is 0.0785. The summed E-state index contributed by atoms with van der Waals surface area (Å²) in [6.45, 7) is 5.62. The van der Waals surface area contributed by atoms with Crippen LogP contribution in [0.2, 0.25) is 0 Å². The van der Waals surface area contributed by atoms with Crippen LogP contribution in [0.5, 0.6) is 23.0 Å². The maximum atomic E-state index is 15.4. The fourth-order valence-corrected chi connectivity index (χ4v) is 6.16. The number of hydrogen-bond donors (Lipinski definition) is 2. The molecular formula is C31H31FO10S2. The zero-order chi connectivity index (χ0) is 32.4. The first kappa shape index (κ1) is 34.0. The first-order valence-corrected chi connectivity index (χ1v) is 14.9. The number of benzene rings is 2. The fourth-order valence-electron chi connectivity index (χ4n) is 4.07. The monoisotopic (exact) mass is 646 g/mol. The van der Waals surface area contributed by atoms with Crippen molar-refractivity contribution in [2.24, 2.45) is 0 Å². The van der Waals surface area contributed by atoms with Crippen molar-refractivity contribution >= 4 is 66.9 Å². The lowest BCUT2D eigenvalue weighted by Crippen LogP contribution is -2.10. The van der Waals surface area contributed by atoms with E-state index in [0.717, 1.165) is 10.1 Å². The average molecular weight is 647 g/mol. The van der Waals surface area contributed by atoms with Gasteiger partial charge in [-0.1, -0.05) is 13.5 Å². The number of hydrogen-bond acceptors (Lipinski definition) is 10. The second kappa shape index (κ2) is 15.8. The molecule has 234 valence electrons. The lowest BCUT2D eigenvalue weighted by molar-refractivity contribution is -0.137. The van der Waals surface area contributed by atoms with E-state index in [4.69, 9.17) is 34.0 Å². The Bertz CT molecular complexity index is 1690. The lowest BCUT2D eigenvalue weighted by Gasteiger charge is -2.15. The van der Waals surface area contributed by atoms with Gasteiger partial charge in [-0.2, -0.15) is 0 Å². The van der Waals surface area contributed by atoms with Crippen molar-refractivity contribution in [3.8, 4) is 23.0 Å². The minimum atomic E-state index is -1.03. The molecule has 2 aromatic carbocycles. The second-order valence-corrected chi connectivity index (χ2v) is 11.5. The van der Waals surface area contributed by atoms with Gasteiger partial charge in [0.1, 0.15) is 13.2 Å². The van der Waals surface area contributed by atoms with Crippen LogP contribution >= 0.6 is 22.7 Å². The molecule has 2 heterocycles. The van der Waals surface area contributed by atoms with Gasteiger partial charge in [0.15, 0.2) is 40.4 Å². The van der Waals surface area contributed by atoms with E-state index in [1.54, 1.807) is 30.3 Å². The molecule has 0 saturated carbocycles. The molecule has 2 aromatic heterocycles. The molecule has 0 aliphatic heterocycles. The molecule has 4 rings (SSSR count). The van der Waals surface area contributed by atoms with Crippen molar-refractivity contribution < 1.29 is 52.7 Å². The summed E-state index contributed by atoms with van der Waals surface area (Å²) < 4.78 is 39.3. The average Bonchev–Trinajstić information content (AvgIpc) is 3.62. The van der Waals surface area contributed by atoms with Crippen LogP contribution < -0.4 is 18.9 Å². The number of fused-ring (bicyclic) bond motifs is 2. The first-order valence-electron chi connectivity index (χ1n) is 13.3. The maximum Gasteiger partial charge on any atom is 0.303 e. The van der Waals surface area contributed by atoms with Crippen LogP contribution in [0.15, 0.2) is 42.5 Å². The van der Waals surface area contributed by atoms with Crippen molar-refractivity contribution in [3.63, 3.8) is 0 Å². The molecule has 0 amide bonds. The van der Waals surface area contributed by atoms with E-state index in [9.17, 15) is 14.4 Å². The number of rotatable bonds is 15. The van der Waals surface area contributed by atoms with Crippen LogP contribution in [-0.4, -0.2) is 61.7 Å². The largest absolute Gasteiger partial charge is 0.493 e. The Hall–Kier alpha value is -4.49. The predicted molar refractivity (Wildman–Crippen MR) is 166 cm³/mol. The van der Waals surface area contributed by atoms with Crippen LogP contribution in [0.25, 0.3) is 20.2 Å². The number of carboxylic acids is 1. The Kier molecular flexibility index (Phi) is 12.2. The summed E-state index contributed by atoms with van der Waals surface area (Å²) in [6.07, 6.45) is 0.793. The Morgan fingerprint density at radius 3 is 2.09 bits per heavy atom. The number of ketones is 2. The molecule has 44 heavy (non-hydrogen) atoms. The van der Waals surface area contributed by atoms with Gasteiger partial charge in [0.05, 0.1) is 30.4 Å². The van der Waals surface area contributed by atoms with E-state index in [0.29, 0.717) is 49.8 Å². The van der Waals surface area contributed by atoms with E-state index in [2.05, 4.69) is 6.58 Å². The van der Waals surface area contributed by atoms with Gasteiger partial charge in [-0.15, -0.1) is 22.7 Å². The molecule has 2 N–H and O–H groups in total. The van der Waals surface area contributed by atoms with Gasteiger partial charge < -0.3 is 29.2 Å². The predicted octanol–water partition coefficient (Wildman–Crippen LogP) is 7.02. The highest BCUT2D eigenvalue weighted by molar-refractivity contribution is 7.21. The minimum absolute atomic E-state index is 0.0304. The molecule has 0 unspecified atom stereocenters. The van der Waals surface area contributed by atoms with E-state index in [1.165, 1.54) is 36.9 Å². The Labute approximate surface area is 260 Å². The molecule has 0 fully saturated rings. The molecule has 4 aromatic rings. The fraction of sp³-hybridized carbons (Fsp3) is 0.290. The lowest BCUT2D eigenvalue weighted by atomic mass is 10.1. The van der Waals surface area contributed by atoms with Crippen molar-refractivity contribution in [1.82, 2.24) is 0 Å². The summed E-state index contributed by atoms with van der Waals surface area (Å²) in [7, 11) is 2.91. The number of ether oxygens (including phenoxy) is 4. The van der Waals surface area contributed by atoms with Gasteiger partial charge >= 0.3 is 5.97 Å².